The van der Waals surface area contributed by atoms with E-state index in [1.54, 1.807) is 36.4 Å². The molecule has 2 rings (SSSR count). The quantitative estimate of drug-likeness (QED) is 0.606. The molecule has 0 spiro atoms. The summed E-state index contributed by atoms with van der Waals surface area (Å²) in [4.78, 5) is 25.6. The van der Waals surface area contributed by atoms with Gasteiger partial charge in [-0.05, 0) is 46.9 Å². The molecule has 0 aliphatic carbocycles. The Kier molecular flexibility index (Phi) is 4.31. The van der Waals surface area contributed by atoms with Crippen molar-refractivity contribution >= 4 is 34.4 Å². The van der Waals surface area contributed by atoms with Crippen LogP contribution in [0.15, 0.2) is 54.6 Å². The van der Waals surface area contributed by atoms with Crippen LogP contribution in [0.1, 0.15) is 20.7 Å². The number of hydrogen-bond donors (Lipinski definition) is 0. The van der Waals surface area contributed by atoms with Gasteiger partial charge in [-0.2, -0.15) is 0 Å². The van der Waals surface area contributed by atoms with Gasteiger partial charge in [0.05, 0.1) is 5.56 Å². The zero-order valence-corrected chi connectivity index (χ0v) is 12.5. The average Bonchev–Trinajstić information content (AvgIpc) is 2.46. The van der Waals surface area contributed by atoms with Crippen molar-refractivity contribution in [2.24, 2.45) is 0 Å². The Morgan fingerprint density at radius 2 is 1.47 bits per heavy atom. The minimum atomic E-state index is -0.301. The van der Waals surface area contributed by atoms with Crippen LogP contribution in [0.25, 0.3) is 0 Å². The van der Waals surface area contributed by atoms with Crippen LogP contribution in [0, 0.1) is 3.57 Å². The van der Waals surface area contributed by atoms with Crippen molar-refractivity contribution in [1.82, 2.24) is 4.90 Å². The van der Waals surface area contributed by atoms with Crippen LogP contribution in [-0.4, -0.2) is 23.8 Å². The fourth-order valence-corrected chi connectivity index (χ4v) is 2.30. The summed E-state index contributed by atoms with van der Waals surface area (Å²) in [5.74, 6) is -0.593. The average molecular weight is 365 g/mol. The van der Waals surface area contributed by atoms with E-state index >= 15 is 0 Å². The maximum atomic E-state index is 12.3. The molecule has 0 heterocycles. The van der Waals surface area contributed by atoms with Crippen molar-refractivity contribution < 1.29 is 9.59 Å². The molecule has 96 valence electrons. The highest BCUT2D eigenvalue weighted by molar-refractivity contribution is 14.1. The first-order chi connectivity index (χ1) is 9.11. The third-order valence-corrected chi connectivity index (χ3v) is 3.67. The standard InChI is InChI=1S/C15H12INO2/c1-17(14(18)11-7-3-2-4-8-11)15(19)12-9-5-6-10-13(12)16/h2-10H,1H3. The number of rotatable bonds is 2. The van der Waals surface area contributed by atoms with Crippen LogP contribution in [0.3, 0.4) is 0 Å². The summed E-state index contributed by atoms with van der Waals surface area (Å²) < 4.78 is 0.831. The SMILES string of the molecule is CN(C(=O)c1ccccc1)C(=O)c1ccccc1I. The molecule has 0 saturated heterocycles. The summed E-state index contributed by atoms with van der Waals surface area (Å²) in [7, 11) is 1.50. The summed E-state index contributed by atoms with van der Waals surface area (Å²) in [5, 5.41) is 0. The van der Waals surface area contributed by atoms with Crippen molar-refractivity contribution in [2.75, 3.05) is 7.05 Å². The van der Waals surface area contributed by atoms with Crippen LogP contribution in [-0.2, 0) is 0 Å². The van der Waals surface area contributed by atoms with Crippen LogP contribution in [0.5, 0.6) is 0 Å². The van der Waals surface area contributed by atoms with Crippen LogP contribution < -0.4 is 0 Å². The van der Waals surface area contributed by atoms with Gasteiger partial charge in [0.1, 0.15) is 0 Å². The number of hydrogen-bond acceptors (Lipinski definition) is 2. The molecule has 2 aromatic rings. The molecule has 2 amide bonds. The van der Waals surface area contributed by atoms with E-state index in [4.69, 9.17) is 0 Å². The van der Waals surface area contributed by atoms with Crippen molar-refractivity contribution in [3.63, 3.8) is 0 Å². The normalized spacial score (nSPS) is 10.0. The van der Waals surface area contributed by atoms with Crippen LogP contribution in [0.2, 0.25) is 0 Å². The van der Waals surface area contributed by atoms with E-state index in [2.05, 4.69) is 22.6 Å². The molecule has 2 aromatic carbocycles. The lowest BCUT2D eigenvalue weighted by molar-refractivity contribution is 0.0655. The molecule has 0 unspecified atom stereocenters. The summed E-state index contributed by atoms with van der Waals surface area (Å²) in [6.45, 7) is 0. The van der Waals surface area contributed by atoms with Crippen molar-refractivity contribution in [3.05, 3.63) is 69.3 Å². The maximum Gasteiger partial charge on any atom is 0.261 e. The summed E-state index contributed by atoms with van der Waals surface area (Å²) in [6.07, 6.45) is 0. The summed E-state index contributed by atoms with van der Waals surface area (Å²) in [6, 6.07) is 16.0. The third-order valence-electron chi connectivity index (χ3n) is 2.73. The lowest BCUT2D eigenvalue weighted by atomic mass is 10.1. The first-order valence-electron chi connectivity index (χ1n) is 5.73. The van der Waals surface area contributed by atoms with E-state index in [1.807, 2.05) is 18.2 Å². The number of carbonyl (C=O) groups is 2. The zero-order valence-electron chi connectivity index (χ0n) is 10.3. The highest BCUT2D eigenvalue weighted by atomic mass is 127. The van der Waals surface area contributed by atoms with Crippen LogP contribution in [0.4, 0.5) is 0 Å². The van der Waals surface area contributed by atoms with Gasteiger partial charge in [-0.15, -0.1) is 0 Å². The highest BCUT2D eigenvalue weighted by Gasteiger charge is 2.21. The number of amides is 2. The third kappa shape index (κ3) is 3.01. The van der Waals surface area contributed by atoms with Crippen molar-refractivity contribution in [3.8, 4) is 0 Å². The Hall–Kier alpha value is -1.69. The molecule has 0 N–H and O–H groups in total. The molecular weight excluding hydrogens is 353 g/mol. The van der Waals surface area contributed by atoms with E-state index in [9.17, 15) is 9.59 Å². The molecule has 0 saturated carbocycles. The minimum absolute atomic E-state index is 0.293. The molecule has 0 radical (unpaired) electrons. The van der Waals surface area contributed by atoms with Crippen molar-refractivity contribution in [2.45, 2.75) is 0 Å². The number of carbonyl (C=O) groups excluding carboxylic acids is 2. The van der Waals surface area contributed by atoms with Gasteiger partial charge in [0.25, 0.3) is 11.8 Å². The second-order valence-corrected chi connectivity index (χ2v) is 5.18. The molecular formula is C15H12INO2. The minimum Gasteiger partial charge on any atom is -0.277 e. The number of halogens is 1. The van der Waals surface area contributed by atoms with Crippen LogP contribution >= 0.6 is 22.6 Å². The summed E-state index contributed by atoms with van der Waals surface area (Å²) >= 11 is 2.09. The van der Waals surface area contributed by atoms with Gasteiger partial charge in [0.2, 0.25) is 0 Å². The topological polar surface area (TPSA) is 37.4 Å². The number of imide groups is 1. The second-order valence-electron chi connectivity index (χ2n) is 4.02. The molecule has 0 bridgehead atoms. The molecule has 0 aromatic heterocycles. The molecule has 3 nitrogen and oxygen atoms in total. The van der Waals surface area contributed by atoms with E-state index in [-0.39, 0.29) is 11.8 Å². The van der Waals surface area contributed by atoms with E-state index < -0.39 is 0 Å². The van der Waals surface area contributed by atoms with Gasteiger partial charge >= 0.3 is 0 Å². The predicted octanol–water partition coefficient (Wildman–Crippen LogP) is 3.20. The van der Waals surface area contributed by atoms with Crippen molar-refractivity contribution in [1.29, 1.82) is 0 Å². The Bertz CT molecular complexity index is 611. The van der Waals surface area contributed by atoms with Gasteiger partial charge < -0.3 is 0 Å². The predicted molar refractivity (Wildman–Crippen MR) is 82.0 cm³/mol. The zero-order chi connectivity index (χ0) is 13.8. The lowest BCUT2D eigenvalue weighted by Crippen LogP contribution is -2.33. The molecule has 0 atom stereocenters. The Morgan fingerprint density at radius 1 is 0.895 bits per heavy atom. The van der Waals surface area contributed by atoms with E-state index in [1.165, 1.54) is 7.05 Å². The molecule has 0 aliphatic heterocycles. The number of nitrogens with zero attached hydrogens (tertiary/aromatic N) is 1. The number of benzene rings is 2. The largest absolute Gasteiger partial charge is 0.277 e. The lowest BCUT2D eigenvalue weighted by Gasteiger charge is -2.16. The monoisotopic (exact) mass is 365 g/mol. The van der Waals surface area contributed by atoms with Gasteiger partial charge in [-0.3, -0.25) is 14.5 Å². The molecule has 4 heteroatoms. The van der Waals surface area contributed by atoms with Gasteiger partial charge in [0.15, 0.2) is 0 Å². The van der Waals surface area contributed by atoms with E-state index in [0.29, 0.717) is 11.1 Å². The Labute approximate surface area is 125 Å². The molecule has 19 heavy (non-hydrogen) atoms. The summed E-state index contributed by atoms with van der Waals surface area (Å²) in [5.41, 5.74) is 1.04. The van der Waals surface area contributed by atoms with Gasteiger partial charge in [-0.1, -0.05) is 30.3 Å². The van der Waals surface area contributed by atoms with Gasteiger partial charge in [0, 0.05) is 16.2 Å². The molecule has 0 aliphatic rings. The van der Waals surface area contributed by atoms with Gasteiger partial charge in [-0.25, -0.2) is 0 Å². The Balaban J connectivity index is 2.26. The maximum absolute atomic E-state index is 12.3. The Morgan fingerprint density at radius 3 is 2.11 bits per heavy atom. The smallest absolute Gasteiger partial charge is 0.261 e. The first kappa shape index (κ1) is 13.7. The second kappa shape index (κ2) is 5.97. The highest BCUT2D eigenvalue weighted by Crippen LogP contribution is 2.14. The fraction of sp³-hybridized carbons (Fsp3) is 0.0667. The van der Waals surface area contributed by atoms with E-state index in [0.717, 1.165) is 8.47 Å². The fourth-order valence-electron chi connectivity index (χ4n) is 1.68. The first-order valence-corrected chi connectivity index (χ1v) is 6.81. The molecule has 0 fully saturated rings.